The van der Waals surface area contributed by atoms with Gasteiger partial charge in [-0.2, -0.15) is 5.10 Å². The maximum Gasteiger partial charge on any atom is 0.259 e. The zero-order chi connectivity index (χ0) is 15.8. The number of hydrogen-bond acceptors (Lipinski definition) is 4. The molecule has 0 aromatic heterocycles. The fraction of sp³-hybridized carbons (Fsp3) is 0.176. The maximum atomic E-state index is 11.8. The molecule has 2 N–H and O–H groups in total. The number of para-hydroxylation sites is 2. The second-order valence-electron chi connectivity index (χ2n) is 4.70. The van der Waals surface area contributed by atoms with Gasteiger partial charge < -0.3 is 10.1 Å². The minimum absolute atomic E-state index is 0.161. The molecule has 0 aliphatic heterocycles. The molecule has 0 atom stereocenters. The Morgan fingerprint density at radius 3 is 2.68 bits per heavy atom. The van der Waals surface area contributed by atoms with Crippen molar-refractivity contribution in [3.05, 3.63) is 59.7 Å². The lowest BCUT2D eigenvalue weighted by molar-refractivity contribution is -0.119. The van der Waals surface area contributed by atoms with Gasteiger partial charge in [0.05, 0.1) is 19.9 Å². The van der Waals surface area contributed by atoms with Crippen molar-refractivity contribution in [1.82, 2.24) is 5.43 Å². The maximum absolute atomic E-state index is 11.8. The molecule has 0 radical (unpaired) electrons. The Morgan fingerprint density at radius 1 is 1.18 bits per heavy atom. The van der Waals surface area contributed by atoms with Crippen LogP contribution < -0.4 is 15.5 Å². The molecular weight excluding hydrogens is 278 g/mol. The molecule has 0 unspecified atom stereocenters. The molecule has 22 heavy (non-hydrogen) atoms. The zero-order valence-electron chi connectivity index (χ0n) is 12.7. The van der Waals surface area contributed by atoms with Crippen LogP contribution in [0, 0.1) is 6.92 Å². The van der Waals surface area contributed by atoms with Crippen LogP contribution in [0.5, 0.6) is 5.75 Å². The molecule has 5 nitrogen and oxygen atoms in total. The molecule has 0 fully saturated rings. The monoisotopic (exact) mass is 297 g/mol. The summed E-state index contributed by atoms with van der Waals surface area (Å²) in [7, 11) is 1.59. The van der Waals surface area contributed by atoms with Gasteiger partial charge in [0.15, 0.2) is 0 Å². The van der Waals surface area contributed by atoms with Gasteiger partial charge in [-0.25, -0.2) is 5.43 Å². The summed E-state index contributed by atoms with van der Waals surface area (Å²) in [6.07, 6.45) is 1.56. The number of amides is 1. The average Bonchev–Trinajstić information content (AvgIpc) is 2.54. The van der Waals surface area contributed by atoms with Gasteiger partial charge in [-0.05, 0) is 30.7 Å². The minimum atomic E-state index is -0.214. The number of hydrogen-bond donors (Lipinski definition) is 2. The smallest absolute Gasteiger partial charge is 0.259 e. The van der Waals surface area contributed by atoms with Crippen LogP contribution in [0.1, 0.15) is 11.1 Å². The first-order valence-corrected chi connectivity index (χ1v) is 6.95. The summed E-state index contributed by atoms with van der Waals surface area (Å²) in [5.74, 6) is 0.493. The number of nitrogens with zero attached hydrogens (tertiary/aromatic N) is 1. The van der Waals surface area contributed by atoms with E-state index in [2.05, 4.69) is 15.8 Å². The SMILES string of the molecule is COc1ccccc1/C=N\NC(=O)CNc1ccccc1C. The Kier molecular flexibility index (Phi) is 5.54. The second kappa shape index (κ2) is 7.83. The highest BCUT2D eigenvalue weighted by molar-refractivity contribution is 5.86. The van der Waals surface area contributed by atoms with Gasteiger partial charge in [0.1, 0.15) is 5.75 Å². The van der Waals surface area contributed by atoms with Gasteiger partial charge in [0, 0.05) is 11.3 Å². The fourth-order valence-corrected chi connectivity index (χ4v) is 1.93. The third kappa shape index (κ3) is 4.34. The van der Waals surface area contributed by atoms with E-state index >= 15 is 0 Å². The molecule has 2 rings (SSSR count). The van der Waals surface area contributed by atoms with Crippen LogP contribution in [0.2, 0.25) is 0 Å². The summed E-state index contributed by atoms with van der Waals surface area (Å²) in [6, 6.07) is 15.3. The molecule has 0 saturated heterocycles. The summed E-state index contributed by atoms with van der Waals surface area (Å²) in [6.45, 7) is 2.15. The van der Waals surface area contributed by atoms with Gasteiger partial charge >= 0.3 is 0 Å². The van der Waals surface area contributed by atoms with E-state index < -0.39 is 0 Å². The van der Waals surface area contributed by atoms with Crippen molar-refractivity contribution in [2.45, 2.75) is 6.92 Å². The Hall–Kier alpha value is -2.82. The number of carbonyl (C=O) groups excluding carboxylic acids is 1. The van der Waals surface area contributed by atoms with Crippen LogP contribution >= 0.6 is 0 Å². The summed E-state index contributed by atoms with van der Waals surface area (Å²) in [5, 5.41) is 7.01. The first-order valence-electron chi connectivity index (χ1n) is 6.95. The Balaban J connectivity index is 1.85. The standard InChI is InChI=1S/C17H19N3O2/c1-13-7-3-5-9-15(13)18-12-17(21)20-19-11-14-8-4-6-10-16(14)22-2/h3-11,18H,12H2,1-2H3,(H,20,21)/b19-11-. The van der Waals surface area contributed by atoms with Crippen LogP contribution in [0.25, 0.3) is 0 Å². The first kappa shape index (κ1) is 15.6. The number of ether oxygens (including phenoxy) is 1. The number of anilines is 1. The molecule has 0 saturated carbocycles. The molecule has 5 heteroatoms. The van der Waals surface area contributed by atoms with E-state index in [4.69, 9.17) is 4.74 Å². The Labute approximate surface area is 130 Å². The van der Waals surface area contributed by atoms with Crippen molar-refractivity contribution >= 4 is 17.8 Å². The molecule has 0 aliphatic carbocycles. The normalized spacial score (nSPS) is 10.5. The van der Waals surface area contributed by atoms with E-state index in [-0.39, 0.29) is 12.5 Å². The number of methoxy groups -OCH3 is 1. The molecule has 0 bridgehead atoms. The van der Waals surface area contributed by atoms with Crippen LogP contribution in [0.3, 0.4) is 0 Å². The third-order valence-corrected chi connectivity index (χ3v) is 3.12. The molecule has 0 spiro atoms. The quantitative estimate of drug-likeness (QED) is 0.636. The highest BCUT2D eigenvalue weighted by Gasteiger charge is 2.02. The van der Waals surface area contributed by atoms with Gasteiger partial charge in [-0.3, -0.25) is 4.79 Å². The summed E-state index contributed by atoms with van der Waals surface area (Å²) >= 11 is 0. The summed E-state index contributed by atoms with van der Waals surface area (Å²) < 4.78 is 5.21. The van der Waals surface area contributed by atoms with Crippen LogP contribution in [-0.4, -0.2) is 25.8 Å². The zero-order valence-corrected chi connectivity index (χ0v) is 12.7. The Bertz CT molecular complexity index is 668. The number of aryl methyl sites for hydroxylation is 1. The van der Waals surface area contributed by atoms with Crippen molar-refractivity contribution in [1.29, 1.82) is 0 Å². The Morgan fingerprint density at radius 2 is 1.91 bits per heavy atom. The molecule has 0 heterocycles. The lowest BCUT2D eigenvalue weighted by Crippen LogP contribution is -2.26. The van der Waals surface area contributed by atoms with Gasteiger partial charge in [0.2, 0.25) is 0 Å². The number of hydrazone groups is 1. The molecular formula is C17H19N3O2. The van der Waals surface area contributed by atoms with Crippen molar-refractivity contribution < 1.29 is 9.53 Å². The number of carbonyl (C=O) groups is 1. The van der Waals surface area contributed by atoms with E-state index in [1.54, 1.807) is 13.3 Å². The van der Waals surface area contributed by atoms with Gasteiger partial charge in [-0.1, -0.05) is 30.3 Å². The molecule has 2 aromatic carbocycles. The molecule has 1 amide bonds. The minimum Gasteiger partial charge on any atom is -0.496 e. The fourth-order valence-electron chi connectivity index (χ4n) is 1.93. The van der Waals surface area contributed by atoms with Crippen molar-refractivity contribution in [2.24, 2.45) is 5.10 Å². The largest absolute Gasteiger partial charge is 0.496 e. The van der Waals surface area contributed by atoms with Crippen LogP contribution in [0.15, 0.2) is 53.6 Å². The molecule has 0 aliphatic rings. The highest BCUT2D eigenvalue weighted by Crippen LogP contribution is 2.14. The van der Waals surface area contributed by atoms with Crippen molar-refractivity contribution in [2.75, 3.05) is 19.0 Å². The van der Waals surface area contributed by atoms with Crippen LogP contribution in [0.4, 0.5) is 5.69 Å². The topological polar surface area (TPSA) is 62.7 Å². The third-order valence-electron chi connectivity index (χ3n) is 3.12. The van der Waals surface area contributed by atoms with Crippen LogP contribution in [-0.2, 0) is 4.79 Å². The van der Waals surface area contributed by atoms with E-state index in [9.17, 15) is 4.79 Å². The predicted molar refractivity (Wildman–Crippen MR) is 88.4 cm³/mol. The van der Waals surface area contributed by atoms with E-state index in [0.29, 0.717) is 5.75 Å². The lowest BCUT2D eigenvalue weighted by atomic mass is 10.2. The van der Waals surface area contributed by atoms with Crippen molar-refractivity contribution in [3.63, 3.8) is 0 Å². The first-order chi connectivity index (χ1) is 10.7. The second-order valence-corrected chi connectivity index (χ2v) is 4.70. The van der Waals surface area contributed by atoms with Gasteiger partial charge in [0.25, 0.3) is 5.91 Å². The number of nitrogens with one attached hydrogen (secondary N) is 2. The van der Waals surface area contributed by atoms with E-state index in [0.717, 1.165) is 16.8 Å². The average molecular weight is 297 g/mol. The molecule has 114 valence electrons. The predicted octanol–water partition coefficient (Wildman–Crippen LogP) is 2.57. The van der Waals surface area contributed by atoms with E-state index in [1.807, 2.05) is 55.5 Å². The van der Waals surface area contributed by atoms with E-state index in [1.165, 1.54) is 0 Å². The highest BCUT2D eigenvalue weighted by atomic mass is 16.5. The van der Waals surface area contributed by atoms with Crippen molar-refractivity contribution in [3.8, 4) is 5.75 Å². The lowest BCUT2D eigenvalue weighted by Gasteiger charge is -2.08. The summed E-state index contributed by atoms with van der Waals surface area (Å²) in [5.41, 5.74) is 5.31. The molecule has 2 aromatic rings. The van der Waals surface area contributed by atoms with Gasteiger partial charge in [-0.15, -0.1) is 0 Å². The summed E-state index contributed by atoms with van der Waals surface area (Å²) in [4.78, 5) is 11.8. The number of benzene rings is 2. The number of rotatable bonds is 6.